The van der Waals surface area contributed by atoms with Crippen LogP contribution in [0.25, 0.3) is 0 Å². The van der Waals surface area contributed by atoms with Crippen LogP contribution in [0.4, 0.5) is 5.69 Å². The number of carbonyl (C=O) groups is 3. The van der Waals surface area contributed by atoms with Crippen LogP contribution in [0.1, 0.15) is 38.4 Å². The van der Waals surface area contributed by atoms with Gasteiger partial charge in [-0.1, -0.05) is 62.4 Å². The molecule has 0 unspecified atom stereocenters. The summed E-state index contributed by atoms with van der Waals surface area (Å²) in [5.74, 6) is -3.13. The van der Waals surface area contributed by atoms with Crippen LogP contribution in [0, 0.1) is 5.92 Å². The van der Waals surface area contributed by atoms with Crippen LogP contribution >= 0.6 is 0 Å². The largest absolute Gasteiger partial charge is 0.473 e. The first-order valence-electron chi connectivity index (χ1n) is 11.0. The number of aliphatic hydroxyl groups excluding tert-OH is 1. The molecule has 178 valence electrons. The summed E-state index contributed by atoms with van der Waals surface area (Å²) in [6.07, 6.45) is 0.954. The quantitative estimate of drug-likeness (QED) is 0.572. The second kappa shape index (κ2) is 12.7. The average molecular weight is 457 g/mol. The predicted octanol–water partition coefficient (Wildman–Crippen LogP) is 3.03. The first-order chi connectivity index (χ1) is 15.7. The molecule has 33 heavy (non-hydrogen) atoms. The number of carbonyl (C=O) groups excluding carboxylic acids is 1. The van der Waals surface area contributed by atoms with Crippen molar-refractivity contribution >= 4 is 23.5 Å². The molecule has 3 rings (SSSR count). The molecule has 8 heteroatoms. The van der Waals surface area contributed by atoms with Gasteiger partial charge in [0.25, 0.3) is 0 Å². The molecule has 1 heterocycles. The summed E-state index contributed by atoms with van der Waals surface area (Å²) in [5, 5.41) is 25.3. The molecule has 8 nitrogen and oxygen atoms in total. The van der Waals surface area contributed by atoms with Crippen molar-refractivity contribution in [3.63, 3.8) is 0 Å². The third-order valence-corrected chi connectivity index (χ3v) is 5.68. The Balaban J connectivity index is 0.000000569. The molecule has 2 aromatic rings. The fourth-order valence-electron chi connectivity index (χ4n) is 4.07. The number of aliphatic hydroxyl groups is 1. The van der Waals surface area contributed by atoms with Gasteiger partial charge in [0.2, 0.25) is 5.91 Å². The maximum Gasteiger partial charge on any atom is 0.414 e. The summed E-state index contributed by atoms with van der Waals surface area (Å²) in [5.41, 5.74) is 1.94. The second-order valence-electron chi connectivity index (χ2n) is 8.08. The zero-order valence-corrected chi connectivity index (χ0v) is 19.0. The molecular formula is C25H32N2O6. The summed E-state index contributed by atoms with van der Waals surface area (Å²) in [6, 6.07) is 20.0. The molecule has 3 atom stereocenters. The van der Waals surface area contributed by atoms with Crippen molar-refractivity contribution in [2.45, 2.75) is 38.8 Å². The van der Waals surface area contributed by atoms with Gasteiger partial charge in [-0.2, -0.15) is 0 Å². The van der Waals surface area contributed by atoms with E-state index < -0.39 is 18.0 Å². The number of β-amino-alcohol motifs (C(OH)–C–C–N with tert-alkyl or cyclic N) is 1. The lowest BCUT2D eigenvalue weighted by Gasteiger charge is -2.43. The van der Waals surface area contributed by atoms with Crippen LogP contribution in [-0.2, 0) is 14.4 Å². The molecule has 1 fully saturated rings. The van der Waals surface area contributed by atoms with E-state index in [1.165, 1.54) is 0 Å². The fraction of sp³-hybridized carbons (Fsp3) is 0.400. The molecule has 0 spiro atoms. The zero-order valence-electron chi connectivity index (χ0n) is 19.0. The zero-order chi connectivity index (χ0) is 24.4. The van der Waals surface area contributed by atoms with E-state index in [-0.39, 0.29) is 11.9 Å². The van der Waals surface area contributed by atoms with Crippen molar-refractivity contribution in [3.05, 3.63) is 66.2 Å². The van der Waals surface area contributed by atoms with Gasteiger partial charge in [0, 0.05) is 37.8 Å². The van der Waals surface area contributed by atoms with Gasteiger partial charge in [-0.05, 0) is 30.0 Å². The highest BCUT2D eigenvalue weighted by molar-refractivity contribution is 6.27. The van der Waals surface area contributed by atoms with Crippen LogP contribution in [0.15, 0.2) is 60.7 Å². The SMILES string of the molecule is CCC(=O)N(c1ccccc1)[C@H]1CCN(C[C@H](O)c2ccccc2)C[C@H]1C.O=C(O)C(=O)O. The van der Waals surface area contributed by atoms with Gasteiger partial charge >= 0.3 is 11.9 Å². The standard InChI is InChI=1S/C23H30N2O2.C2H2O4/c1-3-23(27)25(20-12-8-5-9-13-20)21-14-15-24(16-18(21)2)17-22(26)19-10-6-4-7-11-19;3-1(4)2(5)6/h4-13,18,21-22,26H,3,14-17H2,1-2H3;(H,3,4)(H,5,6)/t18-,21+,22+;/m1./s1. The monoisotopic (exact) mass is 456 g/mol. The highest BCUT2D eigenvalue weighted by Gasteiger charge is 2.34. The third-order valence-electron chi connectivity index (χ3n) is 5.68. The third kappa shape index (κ3) is 7.69. The molecule has 3 N–H and O–H groups in total. The minimum atomic E-state index is -1.82. The van der Waals surface area contributed by atoms with E-state index in [0.717, 1.165) is 30.8 Å². The van der Waals surface area contributed by atoms with Crippen molar-refractivity contribution in [3.8, 4) is 0 Å². The van der Waals surface area contributed by atoms with Gasteiger partial charge < -0.3 is 20.2 Å². The molecular weight excluding hydrogens is 424 g/mol. The van der Waals surface area contributed by atoms with Gasteiger partial charge in [0.1, 0.15) is 0 Å². The topological polar surface area (TPSA) is 118 Å². The number of benzene rings is 2. The fourth-order valence-corrected chi connectivity index (χ4v) is 4.07. The number of amides is 1. The Bertz CT molecular complexity index is 894. The number of carboxylic acid groups (broad SMARTS) is 2. The van der Waals surface area contributed by atoms with E-state index in [0.29, 0.717) is 18.9 Å². The van der Waals surface area contributed by atoms with Gasteiger partial charge in [-0.15, -0.1) is 0 Å². The van der Waals surface area contributed by atoms with Crippen LogP contribution < -0.4 is 4.90 Å². The van der Waals surface area contributed by atoms with Crippen molar-refractivity contribution in [2.24, 2.45) is 5.92 Å². The van der Waals surface area contributed by atoms with Crippen molar-refractivity contribution in [2.75, 3.05) is 24.5 Å². The molecule has 1 amide bonds. The predicted molar refractivity (Wildman–Crippen MR) is 125 cm³/mol. The summed E-state index contributed by atoms with van der Waals surface area (Å²) < 4.78 is 0. The Kier molecular flexibility index (Phi) is 10.0. The Labute approximate surface area is 194 Å². The first kappa shape index (κ1) is 26.0. The lowest BCUT2D eigenvalue weighted by Crippen LogP contribution is -2.52. The molecule has 0 aliphatic carbocycles. The highest BCUT2D eigenvalue weighted by atomic mass is 16.4. The van der Waals surface area contributed by atoms with Crippen molar-refractivity contribution in [1.82, 2.24) is 4.90 Å². The number of likely N-dealkylation sites (tertiary alicyclic amines) is 1. The Morgan fingerprint density at radius 3 is 2.03 bits per heavy atom. The maximum atomic E-state index is 12.7. The van der Waals surface area contributed by atoms with E-state index in [1.807, 2.05) is 72.5 Å². The summed E-state index contributed by atoms with van der Waals surface area (Å²) >= 11 is 0. The highest BCUT2D eigenvalue weighted by Crippen LogP contribution is 2.29. The van der Waals surface area contributed by atoms with E-state index in [9.17, 15) is 9.90 Å². The first-order valence-corrected chi connectivity index (χ1v) is 11.0. The second-order valence-corrected chi connectivity index (χ2v) is 8.08. The number of carboxylic acids is 2. The van der Waals surface area contributed by atoms with Crippen molar-refractivity contribution in [1.29, 1.82) is 0 Å². The number of nitrogens with zero attached hydrogens (tertiary/aromatic N) is 2. The average Bonchev–Trinajstić information content (AvgIpc) is 2.82. The van der Waals surface area contributed by atoms with Gasteiger partial charge in [0.15, 0.2) is 0 Å². The molecule has 1 saturated heterocycles. The summed E-state index contributed by atoms with van der Waals surface area (Å²) in [7, 11) is 0. The minimum absolute atomic E-state index is 0.177. The molecule has 0 aromatic heterocycles. The number of hydrogen-bond donors (Lipinski definition) is 3. The van der Waals surface area contributed by atoms with E-state index in [2.05, 4.69) is 11.8 Å². The Morgan fingerprint density at radius 2 is 1.55 bits per heavy atom. The van der Waals surface area contributed by atoms with Gasteiger partial charge in [-0.3, -0.25) is 9.69 Å². The van der Waals surface area contributed by atoms with Crippen LogP contribution in [0.3, 0.4) is 0 Å². The Hall–Kier alpha value is -3.23. The molecule has 0 bridgehead atoms. The van der Waals surface area contributed by atoms with Gasteiger partial charge in [0.05, 0.1) is 6.10 Å². The lowest BCUT2D eigenvalue weighted by molar-refractivity contribution is -0.159. The molecule has 1 aliphatic rings. The normalized spacial score (nSPS) is 19.0. The molecule has 1 aliphatic heterocycles. The molecule has 2 aromatic carbocycles. The number of rotatable bonds is 6. The minimum Gasteiger partial charge on any atom is -0.473 e. The van der Waals surface area contributed by atoms with Crippen LogP contribution in [0.2, 0.25) is 0 Å². The van der Waals surface area contributed by atoms with Crippen LogP contribution in [-0.4, -0.2) is 63.7 Å². The van der Waals surface area contributed by atoms with Crippen molar-refractivity contribution < 1.29 is 29.7 Å². The summed E-state index contributed by atoms with van der Waals surface area (Å²) in [6.45, 7) is 6.54. The maximum absolute atomic E-state index is 12.7. The Morgan fingerprint density at radius 1 is 1.00 bits per heavy atom. The van der Waals surface area contributed by atoms with Crippen LogP contribution in [0.5, 0.6) is 0 Å². The summed E-state index contributed by atoms with van der Waals surface area (Å²) in [4.78, 5) is 35.2. The molecule has 0 radical (unpaired) electrons. The van der Waals surface area contributed by atoms with E-state index in [4.69, 9.17) is 19.8 Å². The van der Waals surface area contributed by atoms with E-state index >= 15 is 0 Å². The molecule has 0 saturated carbocycles. The number of para-hydroxylation sites is 1. The van der Waals surface area contributed by atoms with E-state index in [1.54, 1.807) is 0 Å². The van der Waals surface area contributed by atoms with Gasteiger partial charge in [-0.25, -0.2) is 9.59 Å². The number of anilines is 1. The lowest BCUT2D eigenvalue weighted by atomic mass is 9.91. The number of hydrogen-bond acceptors (Lipinski definition) is 5. The number of piperidine rings is 1. The smallest absolute Gasteiger partial charge is 0.414 e. The number of aliphatic carboxylic acids is 2.